The van der Waals surface area contributed by atoms with Crippen molar-refractivity contribution in [2.24, 2.45) is 17.8 Å². The van der Waals surface area contributed by atoms with Crippen LogP contribution in [0.5, 0.6) is 0 Å². The molecule has 0 heterocycles. The highest BCUT2D eigenvalue weighted by atomic mass is 16.5. The van der Waals surface area contributed by atoms with Crippen molar-refractivity contribution in [3.8, 4) is 0 Å². The van der Waals surface area contributed by atoms with Gasteiger partial charge in [-0.1, -0.05) is 18.2 Å². The lowest BCUT2D eigenvalue weighted by molar-refractivity contribution is 0.0601. The minimum Gasteiger partial charge on any atom is -0.465 e. The van der Waals surface area contributed by atoms with Gasteiger partial charge in [-0.05, 0) is 62.1 Å². The third kappa shape index (κ3) is 2.69. The Labute approximate surface area is 126 Å². The Morgan fingerprint density at radius 2 is 2.14 bits per heavy atom. The van der Waals surface area contributed by atoms with Gasteiger partial charge in [0, 0.05) is 11.7 Å². The van der Waals surface area contributed by atoms with Gasteiger partial charge in [0.1, 0.15) is 0 Å². The molecule has 0 aliphatic heterocycles. The van der Waals surface area contributed by atoms with Crippen LogP contribution in [0, 0.1) is 24.7 Å². The largest absolute Gasteiger partial charge is 0.465 e. The molecule has 4 unspecified atom stereocenters. The van der Waals surface area contributed by atoms with Crippen molar-refractivity contribution in [1.29, 1.82) is 0 Å². The van der Waals surface area contributed by atoms with E-state index in [1.807, 2.05) is 18.2 Å². The summed E-state index contributed by atoms with van der Waals surface area (Å²) in [5, 5.41) is 3.61. The summed E-state index contributed by atoms with van der Waals surface area (Å²) in [4.78, 5) is 11.7. The van der Waals surface area contributed by atoms with Gasteiger partial charge in [0.25, 0.3) is 0 Å². The van der Waals surface area contributed by atoms with Gasteiger partial charge in [-0.25, -0.2) is 4.79 Å². The molecule has 4 atom stereocenters. The number of nitrogens with one attached hydrogen (secondary N) is 1. The molecule has 112 valence electrons. The molecule has 1 saturated carbocycles. The molecule has 1 aromatic carbocycles. The lowest BCUT2D eigenvalue weighted by Crippen LogP contribution is -2.29. The molecule has 3 nitrogen and oxygen atoms in total. The Morgan fingerprint density at radius 3 is 2.76 bits per heavy atom. The van der Waals surface area contributed by atoms with E-state index in [4.69, 9.17) is 4.74 Å². The maximum absolute atomic E-state index is 11.7. The zero-order valence-electron chi connectivity index (χ0n) is 12.9. The van der Waals surface area contributed by atoms with Gasteiger partial charge >= 0.3 is 5.97 Å². The number of esters is 1. The van der Waals surface area contributed by atoms with E-state index in [-0.39, 0.29) is 5.97 Å². The summed E-state index contributed by atoms with van der Waals surface area (Å²) in [5.41, 5.74) is 2.80. The summed E-state index contributed by atoms with van der Waals surface area (Å²) in [6, 6.07) is 6.11. The topological polar surface area (TPSA) is 38.3 Å². The normalized spacial score (nSPS) is 27.7. The summed E-state index contributed by atoms with van der Waals surface area (Å²) in [5.74, 6) is 1.92. The van der Waals surface area contributed by atoms with Crippen LogP contribution in [0.2, 0.25) is 0 Å². The maximum atomic E-state index is 11.7. The number of allylic oxidation sites excluding steroid dienone is 2. The molecule has 2 bridgehead atoms. The number of carbonyl (C=O) groups is 1. The number of aryl methyl sites for hydroxylation is 1. The molecular formula is C18H23NO2. The lowest BCUT2D eigenvalue weighted by atomic mass is 9.87. The first-order valence-corrected chi connectivity index (χ1v) is 7.72. The van der Waals surface area contributed by atoms with E-state index in [9.17, 15) is 4.79 Å². The van der Waals surface area contributed by atoms with Gasteiger partial charge in [0.2, 0.25) is 0 Å². The smallest absolute Gasteiger partial charge is 0.337 e. The molecule has 0 amide bonds. The number of ether oxygens (including phenoxy) is 1. The number of fused-ring (bicyclic) bond motifs is 2. The minimum atomic E-state index is -0.284. The van der Waals surface area contributed by atoms with Gasteiger partial charge < -0.3 is 10.1 Å². The van der Waals surface area contributed by atoms with E-state index in [1.54, 1.807) is 0 Å². The van der Waals surface area contributed by atoms with Crippen LogP contribution in [-0.4, -0.2) is 19.1 Å². The van der Waals surface area contributed by atoms with Crippen molar-refractivity contribution < 1.29 is 9.53 Å². The van der Waals surface area contributed by atoms with Crippen molar-refractivity contribution in [2.45, 2.75) is 32.7 Å². The van der Waals surface area contributed by atoms with Gasteiger partial charge in [-0.2, -0.15) is 0 Å². The third-order valence-electron chi connectivity index (χ3n) is 5.01. The fourth-order valence-electron chi connectivity index (χ4n) is 3.77. The van der Waals surface area contributed by atoms with Crippen LogP contribution in [-0.2, 0) is 4.74 Å². The van der Waals surface area contributed by atoms with Crippen LogP contribution in [0.4, 0.5) is 5.69 Å². The molecule has 1 N–H and O–H groups in total. The summed E-state index contributed by atoms with van der Waals surface area (Å²) in [7, 11) is 1.42. The number of carbonyl (C=O) groups excluding carboxylic acids is 1. The number of methoxy groups -OCH3 is 1. The van der Waals surface area contributed by atoms with Crippen molar-refractivity contribution in [3.05, 3.63) is 41.5 Å². The van der Waals surface area contributed by atoms with Gasteiger partial charge in [0.05, 0.1) is 12.7 Å². The Morgan fingerprint density at radius 1 is 1.33 bits per heavy atom. The van der Waals surface area contributed by atoms with Crippen LogP contribution in [0.1, 0.15) is 35.7 Å². The molecule has 1 aromatic rings. The van der Waals surface area contributed by atoms with E-state index in [2.05, 4.69) is 31.3 Å². The van der Waals surface area contributed by atoms with E-state index in [1.165, 1.54) is 20.0 Å². The predicted octanol–water partition coefficient (Wildman–Crippen LogP) is 3.79. The average molecular weight is 285 g/mol. The molecule has 2 aliphatic carbocycles. The number of rotatable bonds is 4. The summed E-state index contributed by atoms with van der Waals surface area (Å²) in [6.07, 6.45) is 7.36. The lowest BCUT2D eigenvalue weighted by Gasteiger charge is -2.28. The predicted molar refractivity (Wildman–Crippen MR) is 84.4 cm³/mol. The molecule has 3 rings (SSSR count). The Hall–Kier alpha value is -1.77. The fraction of sp³-hybridized carbons (Fsp3) is 0.500. The van der Waals surface area contributed by atoms with Gasteiger partial charge in [-0.15, -0.1) is 0 Å². The molecule has 2 aliphatic rings. The van der Waals surface area contributed by atoms with Crippen LogP contribution in [0.3, 0.4) is 0 Å². The molecule has 1 fully saturated rings. The van der Waals surface area contributed by atoms with Crippen LogP contribution >= 0.6 is 0 Å². The fourth-order valence-corrected chi connectivity index (χ4v) is 3.77. The highest BCUT2D eigenvalue weighted by molar-refractivity contribution is 5.90. The quantitative estimate of drug-likeness (QED) is 0.675. The average Bonchev–Trinajstić information content (AvgIpc) is 3.11. The maximum Gasteiger partial charge on any atom is 0.337 e. The zero-order chi connectivity index (χ0) is 15.0. The highest BCUT2D eigenvalue weighted by Crippen LogP contribution is 2.45. The van der Waals surface area contributed by atoms with E-state index >= 15 is 0 Å². The molecular weight excluding hydrogens is 262 g/mol. The van der Waals surface area contributed by atoms with Crippen LogP contribution in [0.25, 0.3) is 0 Å². The number of benzene rings is 1. The van der Waals surface area contributed by atoms with E-state index < -0.39 is 0 Å². The molecule has 0 aromatic heterocycles. The van der Waals surface area contributed by atoms with Crippen molar-refractivity contribution in [2.75, 3.05) is 12.4 Å². The summed E-state index contributed by atoms with van der Waals surface area (Å²) >= 11 is 0. The molecule has 21 heavy (non-hydrogen) atoms. The van der Waals surface area contributed by atoms with Gasteiger partial charge in [0.15, 0.2) is 0 Å². The van der Waals surface area contributed by atoms with E-state index in [0.717, 1.165) is 23.1 Å². The first kappa shape index (κ1) is 14.2. The number of hydrogen-bond donors (Lipinski definition) is 1. The second-order valence-electron chi connectivity index (χ2n) is 6.40. The summed E-state index contributed by atoms with van der Waals surface area (Å²) < 4.78 is 4.80. The first-order chi connectivity index (χ1) is 10.1. The zero-order valence-corrected chi connectivity index (χ0v) is 12.9. The standard InChI is InChI=1S/C18H23NO2/c1-11-4-6-15(18(20)21-3)10-17(11)19-12(2)16-9-13-5-7-14(16)8-13/h4-7,10,12-14,16,19H,8-9H2,1-3H3. The summed E-state index contributed by atoms with van der Waals surface area (Å²) in [6.45, 7) is 4.32. The van der Waals surface area contributed by atoms with Crippen molar-refractivity contribution >= 4 is 11.7 Å². The Bertz CT molecular complexity index is 579. The third-order valence-corrected chi connectivity index (χ3v) is 5.01. The Kier molecular flexibility index (Phi) is 3.75. The van der Waals surface area contributed by atoms with Gasteiger partial charge in [-0.3, -0.25) is 0 Å². The first-order valence-electron chi connectivity index (χ1n) is 7.72. The molecule has 0 saturated heterocycles. The molecule has 0 spiro atoms. The Balaban J connectivity index is 1.75. The van der Waals surface area contributed by atoms with E-state index in [0.29, 0.717) is 17.5 Å². The van der Waals surface area contributed by atoms with Crippen molar-refractivity contribution in [3.63, 3.8) is 0 Å². The number of anilines is 1. The SMILES string of the molecule is COC(=O)c1ccc(C)c(NC(C)C2CC3C=CC2C3)c1. The van der Waals surface area contributed by atoms with Crippen molar-refractivity contribution in [1.82, 2.24) is 0 Å². The second-order valence-corrected chi connectivity index (χ2v) is 6.40. The minimum absolute atomic E-state index is 0.284. The second kappa shape index (κ2) is 5.55. The number of hydrogen-bond acceptors (Lipinski definition) is 3. The monoisotopic (exact) mass is 285 g/mol. The molecule has 0 radical (unpaired) electrons. The van der Waals surface area contributed by atoms with Crippen LogP contribution in [0.15, 0.2) is 30.4 Å². The van der Waals surface area contributed by atoms with Crippen LogP contribution < -0.4 is 5.32 Å². The molecule has 3 heteroatoms. The highest BCUT2D eigenvalue weighted by Gasteiger charge is 2.38.